The lowest BCUT2D eigenvalue weighted by atomic mass is 10.1. The number of benzene rings is 1. The van der Waals surface area contributed by atoms with E-state index in [1.807, 2.05) is 38.1 Å². The van der Waals surface area contributed by atoms with Crippen LogP contribution in [0.25, 0.3) is 11.3 Å². The number of hydrogen-bond donors (Lipinski definition) is 1. The Hall–Kier alpha value is -2.14. The molecule has 20 heavy (non-hydrogen) atoms. The Morgan fingerprint density at radius 1 is 1.30 bits per heavy atom. The number of H-pyrrole nitrogens is 1. The van der Waals surface area contributed by atoms with Gasteiger partial charge in [0.25, 0.3) is 5.56 Å². The minimum absolute atomic E-state index is 0.0524. The molecule has 0 saturated heterocycles. The quantitative estimate of drug-likeness (QED) is 0.909. The van der Waals surface area contributed by atoms with Gasteiger partial charge in [-0.25, -0.2) is 4.98 Å². The van der Waals surface area contributed by atoms with Gasteiger partial charge in [-0.2, -0.15) is 0 Å². The van der Waals surface area contributed by atoms with Gasteiger partial charge in [0.2, 0.25) is 0 Å². The standard InChI is InChI=1S/C15H18N2O3/c1-10(2)20-13-7-5-4-6-11(13)12-8-15(18)17-14(16-12)9-19-3/h4-8,10H,9H2,1-3H3,(H,16,17,18). The average molecular weight is 274 g/mol. The fourth-order valence-corrected chi connectivity index (χ4v) is 1.89. The molecule has 1 aromatic heterocycles. The van der Waals surface area contributed by atoms with Gasteiger partial charge in [0.15, 0.2) is 0 Å². The largest absolute Gasteiger partial charge is 0.490 e. The third-order valence-corrected chi connectivity index (χ3v) is 2.60. The van der Waals surface area contributed by atoms with Gasteiger partial charge in [0, 0.05) is 18.7 Å². The molecule has 0 spiro atoms. The molecular weight excluding hydrogens is 256 g/mol. The zero-order chi connectivity index (χ0) is 14.5. The lowest BCUT2D eigenvalue weighted by Gasteiger charge is -2.14. The minimum atomic E-state index is -0.207. The first kappa shape index (κ1) is 14.3. The van der Waals surface area contributed by atoms with Crippen molar-refractivity contribution in [2.75, 3.05) is 7.11 Å². The Balaban J connectivity index is 2.48. The van der Waals surface area contributed by atoms with Gasteiger partial charge in [0.05, 0.1) is 11.8 Å². The molecule has 5 nitrogen and oxygen atoms in total. The molecule has 0 aliphatic carbocycles. The van der Waals surface area contributed by atoms with E-state index in [0.717, 1.165) is 5.56 Å². The van der Waals surface area contributed by atoms with E-state index in [4.69, 9.17) is 9.47 Å². The number of aromatic amines is 1. The minimum Gasteiger partial charge on any atom is -0.490 e. The van der Waals surface area contributed by atoms with Crippen LogP contribution in [0, 0.1) is 0 Å². The fourth-order valence-electron chi connectivity index (χ4n) is 1.89. The van der Waals surface area contributed by atoms with Crippen molar-refractivity contribution in [3.8, 4) is 17.0 Å². The summed E-state index contributed by atoms with van der Waals surface area (Å²) in [7, 11) is 1.56. The lowest BCUT2D eigenvalue weighted by molar-refractivity contribution is 0.177. The number of methoxy groups -OCH3 is 1. The molecule has 1 aromatic carbocycles. The van der Waals surface area contributed by atoms with Crippen LogP contribution in [0.4, 0.5) is 0 Å². The summed E-state index contributed by atoms with van der Waals surface area (Å²) in [5.74, 6) is 1.21. The smallest absolute Gasteiger partial charge is 0.251 e. The summed E-state index contributed by atoms with van der Waals surface area (Å²) in [6, 6.07) is 9.00. The number of nitrogens with zero attached hydrogens (tertiary/aromatic N) is 1. The van der Waals surface area contributed by atoms with Crippen molar-refractivity contribution in [3.05, 3.63) is 46.5 Å². The van der Waals surface area contributed by atoms with E-state index in [1.54, 1.807) is 7.11 Å². The van der Waals surface area contributed by atoms with Crippen LogP contribution < -0.4 is 10.3 Å². The van der Waals surface area contributed by atoms with Crippen molar-refractivity contribution in [1.29, 1.82) is 0 Å². The van der Waals surface area contributed by atoms with E-state index < -0.39 is 0 Å². The maximum atomic E-state index is 11.7. The highest BCUT2D eigenvalue weighted by molar-refractivity contribution is 5.66. The predicted molar refractivity (Wildman–Crippen MR) is 76.8 cm³/mol. The number of aromatic nitrogens is 2. The van der Waals surface area contributed by atoms with Crippen LogP contribution in [-0.2, 0) is 11.3 Å². The van der Waals surface area contributed by atoms with Crippen LogP contribution in [0.5, 0.6) is 5.75 Å². The van der Waals surface area contributed by atoms with Crippen molar-refractivity contribution in [1.82, 2.24) is 9.97 Å². The van der Waals surface area contributed by atoms with E-state index >= 15 is 0 Å². The Labute approximate surface area is 117 Å². The van der Waals surface area contributed by atoms with Gasteiger partial charge in [0.1, 0.15) is 18.2 Å². The molecule has 0 atom stereocenters. The van der Waals surface area contributed by atoms with E-state index in [9.17, 15) is 4.79 Å². The van der Waals surface area contributed by atoms with Crippen LogP contribution in [0.1, 0.15) is 19.7 Å². The van der Waals surface area contributed by atoms with E-state index in [1.165, 1.54) is 6.07 Å². The summed E-state index contributed by atoms with van der Waals surface area (Å²) < 4.78 is 10.8. The highest BCUT2D eigenvalue weighted by Gasteiger charge is 2.10. The van der Waals surface area contributed by atoms with Gasteiger partial charge in [-0.05, 0) is 26.0 Å². The number of ether oxygens (including phenoxy) is 2. The first-order valence-electron chi connectivity index (χ1n) is 6.45. The van der Waals surface area contributed by atoms with Gasteiger partial charge in [-0.1, -0.05) is 12.1 Å². The first-order chi connectivity index (χ1) is 9.60. The highest BCUT2D eigenvalue weighted by Crippen LogP contribution is 2.28. The van der Waals surface area contributed by atoms with Gasteiger partial charge >= 0.3 is 0 Å². The monoisotopic (exact) mass is 274 g/mol. The number of rotatable bonds is 5. The Morgan fingerprint density at radius 2 is 2.05 bits per heavy atom. The third kappa shape index (κ3) is 3.45. The molecule has 0 aliphatic heterocycles. The summed E-state index contributed by atoms with van der Waals surface area (Å²) in [6.07, 6.45) is 0.0524. The normalized spacial score (nSPS) is 10.8. The zero-order valence-electron chi connectivity index (χ0n) is 11.8. The third-order valence-electron chi connectivity index (χ3n) is 2.60. The Morgan fingerprint density at radius 3 is 2.75 bits per heavy atom. The molecule has 0 aliphatic rings. The first-order valence-corrected chi connectivity index (χ1v) is 6.45. The van der Waals surface area contributed by atoms with Crippen LogP contribution in [0.3, 0.4) is 0 Å². The summed E-state index contributed by atoms with van der Waals surface area (Å²) in [4.78, 5) is 18.7. The number of hydrogen-bond acceptors (Lipinski definition) is 4. The summed E-state index contributed by atoms with van der Waals surface area (Å²) >= 11 is 0. The Kier molecular flexibility index (Phi) is 4.53. The molecule has 0 unspecified atom stereocenters. The number of nitrogens with one attached hydrogen (secondary N) is 1. The SMILES string of the molecule is COCc1nc(-c2ccccc2OC(C)C)cc(=O)[nH]1. The second-order valence-corrected chi connectivity index (χ2v) is 4.67. The second kappa shape index (κ2) is 6.34. The van der Waals surface area contributed by atoms with Crippen molar-refractivity contribution in [3.63, 3.8) is 0 Å². The van der Waals surface area contributed by atoms with Gasteiger partial charge < -0.3 is 14.5 Å². The summed E-state index contributed by atoms with van der Waals surface area (Å²) in [6.45, 7) is 4.17. The maximum Gasteiger partial charge on any atom is 0.251 e. The van der Waals surface area contributed by atoms with E-state index in [-0.39, 0.29) is 18.3 Å². The number of para-hydroxylation sites is 1. The van der Waals surface area contributed by atoms with Crippen molar-refractivity contribution < 1.29 is 9.47 Å². The summed E-state index contributed by atoms with van der Waals surface area (Å²) in [5.41, 5.74) is 1.17. The van der Waals surface area contributed by atoms with Gasteiger partial charge in [-0.3, -0.25) is 4.79 Å². The van der Waals surface area contributed by atoms with E-state index in [0.29, 0.717) is 17.3 Å². The molecule has 0 radical (unpaired) electrons. The molecule has 2 rings (SSSR count). The highest BCUT2D eigenvalue weighted by atomic mass is 16.5. The molecule has 0 bridgehead atoms. The average Bonchev–Trinajstić information content (AvgIpc) is 2.38. The molecule has 0 amide bonds. The van der Waals surface area contributed by atoms with Crippen molar-refractivity contribution >= 4 is 0 Å². The van der Waals surface area contributed by atoms with Gasteiger partial charge in [-0.15, -0.1) is 0 Å². The molecule has 5 heteroatoms. The van der Waals surface area contributed by atoms with Crippen LogP contribution in [0.15, 0.2) is 35.1 Å². The molecule has 0 saturated carbocycles. The molecule has 1 heterocycles. The zero-order valence-corrected chi connectivity index (χ0v) is 11.8. The molecule has 0 fully saturated rings. The molecule has 2 aromatic rings. The maximum absolute atomic E-state index is 11.7. The fraction of sp³-hybridized carbons (Fsp3) is 0.333. The van der Waals surface area contributed by atoms with Crippen molar-refractivity contribution in [2.45, 2.75) is 26.6 Å². The lowest BCUT2D eigenvalue weighted by Crippen LogP contribution is -2.12. The Bertz CT molecular complexity index is 635. The van der Waals surface area contributed by atoms with Crippen LogP contribution >= 0.6 is 0 Å². The summed E-state index contributed by atoms with van der Waals surface area (Å²) in [5, 5.41) is 0. The van der Waals surface area contributed by atoms with Crippen molar-refractivity contribution in [2.24, 2.45) is 0 Å². The van der Waals surface area contributed by atoms with Crippen LogP contribution in [0.2, 0.25) is 0 Å². The predicted octanol–water partition coefficient (Wildman–Crippen LogP) is 2.37. The second-order valence-electron chi connectivity index (χ2n) is 4.67. The van der Waals surface area contributed by atoms with Crippen LogP contribution in [-0.4, -0.2) is 23.2 Å². The topological polar surface area (TPSA) is 64.2 Å². The molecular formula is C15H18N2O3. The molecule has 1 N–H and O–H groups in total. The molecule has 106 valence electrons. The van der Waals surface area contributed by atoms with E-state index in [2.05, 4.69) is 9.97 Å².